The fourth-order valence-corrected chi connectivity index (χ4v) is 4.47. The highest BCUT2D eigenvalue weighted by Crippen LogP contribution is 2.23. The average Bonchev–Trinajstić information content (AvgIpc) is 2.83. The molecule has 0 unspecified atom stereocenters. The summed E-state index contributed by atoms with van der Waals surface area (Å²) in [5.41, 5.74) is 0. The molecular formula is C16H22ClN3O5S. The van der Waals surface area contributed by atoms with E-state index in [1.165, 1.54) is 31.4 Å². The Kier molecular flexibility index (Phi) is 7.24. The zero-order valence-electron chi connectivity index (χ0n) is 14.4. The molecule has 1 atom stereocenters. The summed E-state index contributed by atoms with van der Waals surface area (Å²) in [5, 5.41) is 5.60. The van der Waals surface area contributed by atoms with Crippen molar-refractivity contribution in [2.75, 3.05) is 26.7 Å². The number of hydrogen-bond acceptors (Lipinski definition) is 5. The van der Waals surface area contributed by atoms with Crippen LogP contribution in [0.5, 0.6) is 0 Å². The summed E-state index contributed by atoms with van der Waals surface area (Å²) >= 11 is 5.84. The standard InChI is InChI=1S/C16H22ClN3O5S/c1-25-16(22)19-10-11-20(14-4-2-3-9-18-15(14)21)26(23,24)13-7-5-12(17)6-8-13/h5-8,14H,2-4,9-11H2,1H3,(H,18,21)(H,19,22)/t14-/m1/s1. The first-order valence-corrected chi connectivity index (χ1v) is 10.0. The van der Waals surface area contributed by atoms with Crippen LogP contribution in [-0.2, 0) is 19.6 Å². The van der Waals surface area contributed by atoms with Crippen molar-refractivity contribution >= 4 is 33.6 Å². The van der Waals surface area contributed by atoms with Gasteiger partial charge < -0.3 is 15.4 Å². The van der Waals surface area contributed by atoms with Crippen LogP contribution in [0.15, 0.2) is 29.2 Å². The molecule has 144 valence electrons. The second kappa shape index (κ2) is 9.20. The third kappa shape index (κ3) is 5.09. The minimum absolute atomic E-state index is 0.0171. The quantitative estimate of drug-likeness (QED) is 0.746. The van der Waals surface area contributed by atoms with Crippen LogP contribution in [0, 0.1) is 0 Å². The molecule has 0 radical (unpaired) electrons. The molecule has 1 fully saturated rings. The van der Waals surface area contributed by atoms with E-state index in [0.717, 1.165) is 17.1 Å². The Labute approximate surface area is 157 Å². The maximum Gasteiger partial charge on any atom is 0.406 e. The molecule has 26 heavy (non-hydrogen) atoms. The number of sulfonamides is 1. The van der Waals surface area contributed by atoms with Crippen LogP contribution in [0.1, 0.15) is 19.3 Å². The van der Waals surface area contributed by atoms with Gasteiger partial charge in [0.2, 0.25) is 15.9 Å². The molecule has 8 nitrogen and oxygen atoms in total. The Hall–Kier alpha value is -1.84. The van der Waals surface area contributed by atoms with E-state index in [1.54, 1.807) is 0 Å². The van der Waals surface area contributed by atoms with E-state index in [-0.39, 0.29) is 23.9 Å². The van der Waals surface area contributed by atoms with Crippen LogP contribution in [-0.4, -0.2) is 57.5 Å². The molecule has 2 rings (SSSR count). The topological polar surface area (TPSA) is 105 Å². The Morgan fingerprint density at radius 2 is 2.04 bits per heavy atom. The minimum atomic E-state index is -3.95. The summed E-state index contributed by atoms with van der Waals surface area (Å²) in [6.45, 7) is 0.478. The van der Waals surface area contributed by atoms with Gasteiger partial charge in [-0.1, -0.05) is 11.6 Å². The van der Waals surface area contributed by atoms with Crippen molar-refractivity contribution in [3.63, 3.8) is 0 Å². The van der Waals surface area contributed by atoms with E-state index in [9.17, 15) is 18.0 Å². The molecule has 2 N–H and O–H groups in total. The van der Waals surface area contributed by atoms with E-state index in [2.05, 4.69) is 15.4 Å². The maximum atomic E-state index is 13.1. The van der Waals surface area contributed by atoms with Crippen LogP contribution in [0.4, 0.5) is 4.79 Å². The fourth-order valence-electron chi connectivity index (χ4n) is 2.72. The van der Waals surface area contributed by atoms with E-state index in [4.69, 9.17) is 11.6 Å². The normalized spacial score (nSPS) is 18.1. The Bertz CT molecular complexity index is 739. The van der Waals surface area contributed by atoms with Gasteiger partial charge in [-0.15, -0.1) is 0 Å². The molecule has 10 heteroatoms. The lowest BCUT2D eigenvalue weighted by Gasteiger charge is -2.29. The number of ether oxygens (including phenoxy) is 1. The summed E-state index contributed by atoms with van der Waals surface area (Å²) < 4.78 is 31.8. The van der Waals surface area contributed by atoms with Gasteiger partial charge in [-0.2, -0.15) is 4.31 Å². The predicted molar refractivity (Wildman–Crippen MR) is 96.4 cm³/mol. The lowest BCUT2D eigenvalue weighted by molar-refractivity contribution is -0.124. The maximum absolute atomic E-state index is 13.1. The second-order valence-electron chi connectivity index (χ2n) is 5.79. The molecule has 0 bridgehead atoms. The number of nitrogens with one attached hydrogen (secondary N) is 2. The molecule has 1 aliphatic rings. The van der Waals surface area contributed by atoms with E-state index >= 15 is 0 Å². The molecule has 0 spiro atoms. The van der Waals surface area contributed by atoms with E-state index in [0.29, 0.717) is 18.0 Å². The smallest absolute Gasteiger partial charge is 0.406 e. The molecule has 1 heterocycles. The van der Waals surface area contributed by atoms with Gasteiger partial charge in [-0.05, 0) is 43.5 Å². The molecular weight excluding hydrogens is 382 g/mol. The minimum Gasteiger partial charge on any atom is -0.453 e. The number of carbonyl (C=O) groups excluding carboxylic acids is 2. The van der Waals surface area contributed by atoms with Gasteiger partial charge >= 0.3 is 6.09 Å². The second-order valence-corrected chi connectivity index (χ2v) is 8.12. The van der Waals surface area contributed by atoms with Gasteiger partial charge in [0.25, 0.3) is 0 Å². The number of halogens is 1. The number of amides is 2. The van der Waals surface area contributed by atoms with Crippen molar-refractivity contribution in [1.29, 1.82) is 0 Å². The first kappa shape index (κ1) is 20.5. The molecule has 1 saturated heterocycles. The Morgan fingerprint density at radius 1 is 1.35 bits per heavy atom. The molecule has 1 aromatic rings. The molecule has 0 aromatic heterocycles. The van der Waals surface area contributed by atoms with Crippen LogP contribution in [0.3, 0.4) is 0 Å². The third-order valence-electron chi connectivity index (χ3n) is 4.06. The summed E-state index contributed by atoms with van der Waals surface area (Å²) in [6.07, 6.45) is 1.26. The summed E-state index contributed by atoms with van der Waals surface area (Å²) in [7, 11) is -2.73. The van der Waals surface area contributed by atoms with Crippen molar-refractivity contribution in [2.24, 2.45) is 0 Å². The zero-order chi connectivity index (χ0) is 19.2. The lowest BCUT2D eigenvalue weighted by atomic mass is 10.1. The van der Waals surface area contributed by atoms with Crippen LogP contribution in [0.25, 0.3) is 0 Å². The lowest BCUT2D eigenvalue weighted by Crippen LogP contribution is -2.50. The molecule has 1 aromatic carbocycles. The average molecular weight is 404 g/mol. The first-order valence-electron chi connectivity index (χ1n) is 8.23. The van der Waals surface area contributed by atoms with Crippen LogP contribution < -0.4 is 10.6 Å². The third-order valence-corrected chi connectivity index (χ3v) is 6.24. The molecule has 0 aliphatic carbocycles. The van der Waals surface area contributed by atoms with Crippen molar-refractivity contribution in [3.05, 3.63) is 29.3 Å². The van der Waals surface area contributed by atoms with Crippen molar-refractivity contribution in [1.82, 2.24) is 14.9 Å². The number of nitrogens with zero attached hydrogens (tertiary/aromatic N) is 1. The van der Waals surface area contributed by atoms with Crippen LogP contribution >= 0.6 is 11.6 Å². The number of rotatable bonds is 6. The predicted octanol–water partition coefficient (Wildman–Crippen LogP) is 1.36. The largest absolute Gasteiger partial charge is 0.453 e. The van der Waals surface area contributed by atoms with Crippen LogP contribution in [0.2, 0.25) is 5.02 Å². The van der Waals surface area contributed by atoms with Crippen molar-refractivity contribution in [2.45, 2.75) is 30.2 Å². The molecule has 2 amide bonds. The van der Waals surface area contributed by atoms with E-state index < -0.39 is 22.2 Å². The van der Waals surface area contributed by atoms with Gasteiger partial charge in [0.1, 0.15) is 6.04 Å². The molecule has 1 aliphatic heterocycles. The van der Waals surface area contributed by atoms with Crippen molar-refractivity contribution < 1.29 is 22.7 Å². The molecule has 0 saturated carbocycles. The first-order chi connectivity index (χ1) is 12.4. The summed E-state index contributed by atoms with van der Waals surface area (Å²) in [6, 6.07) is 4.91. The van der Waals surface area contributed by atoms with Gasteiger partial charge in [0.05, 0.1) is 12.0 Å². The fraction of sp³-hybridized carbons (Fsp3) is 0.500. The number of methoxy groups -OCH3 is 1. The van der Waals surface area contributed by atoms with Gasteiger partial charge in [0.15, 0.2) is 0 Å². The number of hydrogen-bond donors (Lipinski definition) is 2. The summed E-state index contributed by atoms with van der Waals surface area (Å²) in [5.74, 6) is -0.335. The Balaban J connectivity index is 2.30. The van der Waals surface area contributed by atoms with Crippen molar-refractivity contribution in [3.8, 4) is 0 Å². The highest BCUT2D eigenvalue weighted by atomic mass is 35.5. The highest BCUT2D eigenvalue weighted by Gasteiger charge is 2.36. The highest BCUT2D eigenvalue weighted by molar-refractivity contribution is 7.89. The van der Waals surface area contributed by atoms with Gasteiger partial charge in [0, 0.05) is 24.7 Å². The number of benzene rings is 1. The monoisotopic (exact) mass is 403 g/mol. The number of alkyl carbamates (subject to hydrolysis) is 1. The number of carbonyl (C=O) groups is 2. The SMILES string of the molecule is COC(=O)NCCN([C@@H]1CCCCNC1=O)S(=O)(=O)c1ccc(Cl)cc1. The van der Waals surface area contributed by atoms with E-state index in [1.807, 2.05) is 0 Å². The zero-order valence-corrected chi connectivity index (χ0v) is 16.0. The van der Waals surface area contributed by atoms with Gasteiger partial charge in [-0.25, -0.2) is 13.2 Å². The summed E-state index contributed by atoms with van der Waals surface area (Å²) in [4.78, 5) is 23.7. The Morgan fingerprint density at radius 3 is 2.69 bits per heavy atom. The van der Waals surface area contributed by atoms with Gasteiger partial charge in [-0.3, -0.25) is 4.79 Å².